The van der Waals surface area contributed by atoms with E-state index in [0.717, 1.165) is 29.7 Å². The molecule has 29 heavy (non-hydrogen) atoms. The molecule has 2 fully saturated rings. The van der Waals surface area contributed by atoms with Gasteiger partial charge in [-0.2, -0.15) is 0 Å². The third-order valence-electron chi connectivity index (χ3n) is 5.79. The van der Waals surface area contributed by atoms with Crippen LogP contribution in [0.5, 0.6) is 5.75 Å². The monoisotopic (exact) mass is 394 g/mol. The van der Waals surface area contributed by atoms with Gasteiger partial charge in [-0.05, 0) is 36.6 Å². The Hall–Kier alpha value is -3.13. The van der Waals surface area contributed by atoms with E-state index in [1.54, 1.807) is 4.90 Å². The number of anilines is 1. The SMILES string of the molecule is CC(=O)NC[C@@H]1OC(=O)N2c3ccc(-c4ccc(C5(N)CC5)nc4)cc3OC[C@@H]12. The molecule has 2 aromatic rings. The van der Waals surface area contributed by atoms with Crippen LogP contribution in [0.2, 0.25) is 0 Å². The van der Waals surface area contributed by atoms with Crippen LogP contribution in [0.1, 0.15) is 25.5 Å². The highest BCUT2D eigenvalue weighted by molar-refractivity contribution is 5.94. The van der Waals surface area contributed by atoms with Gasteiger partial charge < -0.3 is 20.5 Å². The zero-order chi connectivity index (χ0) is 20.2. The second kappa shape index (κ2) is 6.45. The summed E-state index contributed by atoms with van der Waals surface area (Å²) in [4.78, 5) is 29.8. The molecule has 3 heterocycles. The number of amides is 2. The number of benzene rings is 1. The van der Waals surface area contributed by atoms with E-state index in [0.29, 0.717) is 18.0 Å². The predicted molar refractivity (Wildman–Crippen MR) is 105 cm³/mol. The van der Waals surface area contributed by atoms with Crippen molar-refractivity contribution in [2.75, 3.05) is 18.1 Å². The molecule has 1 saturated carbocycles. The van der Waals surface area contributed by atoms with E-state index in [1.807, 2.05) is 36.5 Å². The largest absolute Gasteiger partial charge is 0.489 e. The number of carbonyl (C=O) groups is 2. The van der Waals surface area contributed by atoms with E-state index in [1.165, 1.54) is 6.92 Å². The number of hydrogen-bond acceptors (Lipinski definition) is 6. The Kier molecular flexibility index (Phi) is 3.99. The summed E-state index contributed by atoms with van der Waals surface area (Å²) in [6.07, 6.45) is 2.90. The Bertz CT molecular complexity index is 987. The lowest BCUT2D eigenvalue weighted by Gasteiger charge is -2.31. The van der Waals surface area contributed by atoms with Crippen molar-refractivity contribution in [3.8, 4) is 16.9 Å². The zero-order valence-corrected chi connectivity index (χ0v) is 16.1. The molecule has 5 rings (SSSR count). The topological polar surface area (TPSA) is 107 Å². The fourth-order valence-electron chi connectivity index (χ4n) is 3.88. The van der Waals surface area contributed by atoms with Gasteiger partial charge in [0.05, 0.1) is 23.5 Å². The van der Waals surface area contributed by atoms with Crippen LogP contribution in [0.4, 0.5) is 10.5 Å². The molecule has 0 radical (unpaired) electrons. The summed E-state index contributed by atoms with van der Waals surface area (Å²) in [6, 6.07) is 9.42. The minimum Gasteiger partial charge on any atom is -0.489 e. The number of fused-ring (bicyclic) bond motifs is 3. The first-order valence-electron chi connectivity index (χ1n) is 9.71. The van der Waals surface area contributed by atoms with E-state index in [2.05, 4.69) is 10.3 Å². The first-order chi connectivity index (χ1) is 13.9. The molecular formula is C21H22N4O4. The van der Waals surface area contributed by atoms with E-state index < -0.39 is 12.2 Å². The molecule has 2 amide bonds. The summed E-state index contributed by atoms with van der Waals surface area (Å²) in [5.74, 6) is 0.459. The van der Waals surface area contributed by atoms with Crippen LogP contribution in [0.25, 0.3) is 11.1 Å². The Morgan fingerprint density at radius 2 is 2.10 bits per heavy atom. The first kappa shape index (κ1) is 17.9. The lowest BCUT2D eigenvalue weighted by molar-refractivity contribution is -0.119. The lowest BCUT2D eigenvalue weighted by atomic mass is 10.0. The Morgan fingerprint density at radius 1 is 1.31 bits per heavy atom. The highest BCUT2D eigenvalue weighted by Gasteiger charge is 2.46. The maximum atomic E-state index is 12.4. The number of carbonyl (C=O) groups excluding carboxylic acids is 2. The fraction of sp³-hybridized carbons (Fsp3) is 0.381. The molecule has 1 saturated heterocycles. The smallest absolute Gasteiger partial charge is 0.415 e. The first-order valence-corrected chi connectivity index (χ1v) is 9.71. The lowest BCUT2D eigenvalue weighted by Crippen LogP contribution is -2.47. The second-order valence-electron chi connectivity index (χ2n) is 7.88. The number of ether oxygens (including phenoxy) is 2. The van der Waals surface area contributed by atoms with Crippen LogP contribution in [0, 0.1) is 0 Å². The van der Waals surface area contributed by atoms with Gasteiger partial charge in [0.2, 0.25) is 5.91 Å². The van der Waals surface area contributed by atoms with Crippen LogP contribution in [0.3, 0.4) is 0 Å². The van der Waals surface area contributed by atoms with Gasteiger partial charge in [-0.3, -0.25) is 14.7 Å². The molecule has 0 bridgehead atoms. The number of aromatic nitrogens is 1. The van der Waals surface area contributed by atoms with Crippen LogP contribution in [0.15, 0.2) is 36.5 Å². The number of cyclic esters (lactones) is 1. The number of pyridine rings is 1. The van der Waals surface area contributed by atoms with Gasteiger partial charge in [0.15, 0.2) is 0 Å². The average molecular weight is 394 g/mol. The number of nitrogens with two attached hydrogens (primary N) is 1. The minimum atomic E-state index is -0.443. The molecule has 8 heteroatoms. The van der Waals surface area contributed by atoms with Gasteiger partial charge in [0.1, 0.15) is 24.5 Å². The molecule has 1 aliphatic carbocycles. The Labute approximate surface area is 168 Å². The highest BCUT2D eigenvalue weighted by atomic mass is 16.6. The van der Waals surface area contributed by atoms with Crippen molar-refractivity contribution in [1.29, 1.82) is 0 Å². The van der Waals surface area contributed by atoms with Crippen molar-refractivity contribution in [2.45, 2.75) is 37.5 Å². The summed E-state index contributed by atoms with van der Waals surface area (Å²) in [5, 5.41) is 2.70. The molecule has 0 spiro atoms. The predicted octanol–water partition coefficient (Wildman–Crippen LogP) is 1.92. The van der Waals surface area contributed by atoms with Gasteiger partial charge in [-0.1, -0.05) is 12.1 Å². The molecule has 3 aliphatic rings. The van der Waals surface area contributed by atoms with Crippen molar-refractivity contribution in [1.82, 2.24) is 10.3 Å². The van der Waals surface area contributed by atoms with Gasteiger partial charge >= 0.3 is 6.09 Å². The van der Waals surface area contributed by atoms with Crippen LogP contribution < -0.4 is 20.7 Å². The van der Waals surface area contributed by atoms with Crippen molar-refractivity contribution < 1.29 is 19.1 Å². The normalized spacial score (nSPS) is 23.5. The molecule has 1 aromatic carbocycles. The number of nitrogens with one attached hydrogen (secondary N) is 1. The summed E-state index contributed by atoms with van der Waals surface area (Å²) >= 11 is 0. The highest BCUT2D eigenvalue weighted by Crippen LogP contribution is 2.43. The molecule has 8 nitrogen and oxygen atoms in total. The molecule has 2 aliphatic heterocycles. The van der Waals surface area contributed by atoms with Gasteiger partial charge in [0.25, 0.3) is 0 Å². The quantitative estimate of drug-likeness (QED) is 0.821. The van der Waals surface area contributed by atoms with Gasteiger partial charge in [-0.25, -0.2) is 4.79 Å². The number of rotatable bonds is 4. The molecule has 3 N–H and O–H groups in total. The van der Waals surface area contributed by atoms with Crippen molar-refractivity contribution in [3.05, 3.63) is 42.2 Å². The van der Waals surface area contributed by atoms with Crippen LogP contribution in [-0.2, 0) is 15.1 Å². The minimum absolute atomic E-state index is 0.164. The number of nitrogens with zero attached hydrogens (tertiary/aromatic N) is 2. The maximum absolute atomic E-state index is 12.4. The third kappa shape index (κ3) is 3.09. The Balaban J connectivity index is 1.39. The summed E-state index contributed by atoms with van der Waals surface area (Å²) in [6.45, 7) is 2.00. The van der Waals surface area contributed by atoms with E-state index in [-0.39, 0.29) is 24.0 Å². The van der Waals surface area contributed by atoms with Crippen LogP contribution in [-0.4, -0.2) is 42.3 Å². The van der Waals surface area contributed by atoms with E-state index >= 15 is 0 Å². The fourth-order valence-corrected chi connectivity index (χ4v) is 3.88. The van der Waals surface area contributed by atoms with Crippen molar-refractivity contribution in [2.24, 2.45) is 5.73 Å². The van der Waals surface area contributed by atoms with Crippen molar-refractivity contribution >= 4 is 17.7 Å². The maximum Gasteiger partial charge on any atom is 0.415 e. The second-order valence-corrected chi connectivity index (χ2v) is 7.88. The molecule has 150 valence electrons. The summed E-state index contributed by atoms with van der Waals surface area (Å²) in [5.41, 5.74) is 9.45. The van der Waals surface area contributed by atoms with Crippen LogP contribution >= 0.6 is 0 Å². The molecule has 1 aromatic heterocycles. The van der Waals surface area contributed by atoms with Crippen molar-refractivity contribution in [3.63, 3.8) is 0 Å². The summed E-state index contributed by atoms with van der Waals surface area (Å²) < 4.78 is 11.4. The average Bonchev–Trinajstić information content (AvgIpc) is 3.39. The number of hydrogen-bond donors (Lipinski definition) is 2. The third-order valence-corrected chi connectivity index (χ3v) is 5.79. The summed E-state index contributed by atoms with van der Waals surface area (Å²) in [7, 11) is 0. The standard InChI is InChI=1S/C21H22N4O4/c1-12(26)23-10-18-16-11-28-17-8-13(2-4-15(17)25(16)20(27)29-18)14-3-5-19(24-9-14)21(22)6-7-21/h2-5,8-9,16,18H,6-7,10-11,22H2,1H3,(H,23,26)/t16-,18-/m0/s1. The van der Waals surface area contributed by atoms with E-state index in [4.69, 9.17) is 15.2 Å². The Morgan fingerprint density at radius 3 is 2.79 bits per heavy atom. The molecule has 2 atom stereocenters. The van der Waals surface area contributed by atoms with Gasteiger partial charge in [0, 0.05) is 18.7 Å². The molecular weight excluding hydrogens is 372 g/mol. The zero-order valence-electron chi connectivity index (χ0n) is 16.1. The molecule has 0 unspecified atom stereocenters. The van der Waals surface area contributed by atoms with E-state index in [9.17, 15) is 9.59 Å². The van der Waals surface area contributed by atoms with Gasteiger partial charge in [-0.15, -0.1) is 0 Å².